The molecule has 3 aromatic heterocycles. The van der Waals surface area contributed by atoms with Crippen LogP contribution in [0.4, 0.5) is 10.1 Å². The molecule has 1 saturated heterocycles. The zero-order chi connectivity index (χ0) is 19.5. The topological polar surface area (TPSA) is 89.1 Å². The van der Waals surface area contributed by atoms with Crippen molar-refractivity contribution >= 4 is 22.9 Å². The average molecular weight is 378 g/mol. The fourth-order valence-corrected chi connectivity index (χ4v) is 3.48. The van der Waals surface area contributed by atoms with E-state index in [4.69, 9.17) is 10.7 Å². The molecule has 4 rings (SSSR count). The largest absolute Gasteiger partial charge is 0.397 e. The van der Waals surface area contributed by atoms with Gasteiger partial charge in [0.15, 0.2) is 5.82 Å². The zero-order valence-corrected chi connectivity index (χ0v) is 15.8. The van der Waals surface area contributed by atoms with Gasteiger partial charge in [0.05, 0.1) is 22.4 Å². The zero-order valence-electron chi connectivity index (χ0n) is 15.8. The van der Waals surface area contributed by atoms with Gasteiger partial charge in [0.25, 0.3) is 0 Å². The Morgan fingerprint density at radius 1 is 1.14 bits per heavy atom. The molecule has 0 saturated carbocycles. The van der Waals surface area contributed by atoms with E-state index in [0.717, 1.165) is 42.7 Å². The van der Waals surface area contributed by atoms with Gasteiger partial charge in [-0.05, 0) is 57.1 Å². The maximum absolute atomic E-state index is 14.5. The predicted octanol–water partition coefficient (Wildman–Crippen LogP) is 3.32. The van der Waals surface area contributed by atoms with Crippen molar-refractivity contribution in [2.45, 2.75) is 25.7 Å². The van der Waals surface area contributed by atoms with Crippen molar-refractivity contribution in [1.82, 2.24) is 20.3 Å². The second-order valence-electron chi connectivity index (χ2n) is 6.92. The molecule has 1 fully saturated rings. The standard InChI is InChI=1S/C21H23FN6/c1-2-24-12-20-15(23)11-14(22)21(28-20)19-6-5-17-18(27-19)4-3-16(26-17)13-7-9-25-10-8-13/h3-6,11-13,25H,2,7-10,23H2,1H3. The summed E-state index contributed by atoms with van der Waals surface area (Å²) in [5.41, 5.74) is 9.80. The number of anilines is 1. The van der Waals surface area contributed by atoms with Gasteiger partial charge in [-0.3, -0.25) is 9.98 Å². The fourth-order valence-electron chi connectivity index (χ4n) is 3.48. The first-order valence-electron chi connectivity index (χ1n) is 9.60. The lowest BCUT2D eigenvalue weighted by molar-refractivity contribution is 0.454. The first-order chi connectivity index (χ1) is 13.7. The highest BCUT2D eigenvalue weighted by Gasteiger charge is 2.17. The molecule has 0 amide bonds. The first kappa shape index (κ1) is 18.4. The minimum atomic E-state index is -0.503. The summed E-state index contributed by atoms with van der Waals surface area (Å²) in [5, 5.41) is 3.37. The molecule has 0 aromatic carbocycles. The van der Waals surface area contributed by atoms with Crippen LogP contribution in [0, 0.1) is 5.82 Å². The molecular weight excluding hydrogens is 355 g/mol. The van der Waals surface area contributed by atoms with Crippen LogP contribution in [0.5, 0.6) is 0 Å². The molecule has 3 N–H and O–H groups in total. The molecular formula is C21H23FN6. The van der Waals surface area contributed by atoms with E-state index in [1.54, 1.807) is 12.3 Å². The van der Waals surface area contributed by atoms with Crippen molar-refractivity contribution in [2.75, 3.05) is 25.4 Å². The smallest absolute Gasteiger partial charge is 0.153 e. The predicted molar refractivity (Wildman–Crippen MR) is 110 cm³/mol. The lowest BCUT2D eigenvalue weighted by Gasteiger charge is -2.22. The van der Waals surface area contributed by atoms with Crippen molar-refractivity contribution < 1.29 is 4.39 Å². The Balaban J connectivity index is 1.71. The molecule has 0 spiro atoms. The Kier molecular flexibility index (Phi) is 5.25. The second kappa shape index (κ2) is 7.98. The summed E-state index contributed by atoms with van der Waals surface area (Å²) >= 11 is 0. The van der Waals surface area contributed by atoms with Crippen LogP contribution in [0.2, 0.25) is 0 Å². The average Bonchev–Trinajstić information content (AvgIpc) is 2.73. The van der Waals surface area contributed by atoms with Crippen LogP contribution < -0.4 is 11.1 Å². The van der Waals surface area contributed by atoms with Gasteiger partial charge in [-0.15, -0.1) is 0 Å². The molecule has 0 aliphatic carbocycles. The summed E-state index contributed by atoms with van der Waals surface area (Å²) in [6.07, 6.45) is 3.74. The SMILES string of the molecule is CCN=Cc1nc(-c2ccc3nc(C4CCNCC4)ccc3n2)c(F)cc1N. The quantitative estimate of drug-likeness (QED) is 0.680. The number of aromatic nitrogens is 3. The highest BCUT2D eigenvalue weighted by atomic mass is 19.1. The number of nitrogen functional groups attached to an aromatic ring is 1. The van der Waals surface area contributed by atoms with Crippen LogP contribution in [-0.4, -0.2) is 40.8 Å². The summed E-state index contributed by atoms with van der Waals surface area (Å²) in [6.45, 7) is 4.56. The molecule has 0 unspecified atom stereocenters. The van der Waals surface area contributed by atoms with Gasteiger partial charge in [0.2, 0.25) is 0 Å². The van der Waals surface area contributed by atoms with E-state index in [0.29, 0.717) is 23.9 Å². The first-order valence-corrected chi connectivity index (χ1v) is 9.60. The van der Waals surface area contributed by atoms with Gasteiger partial charge in [-0.2, -0.15) is 0 Å². The Morgan fingerprint density at radius 2 is 1.89 bits per heavy atom. The Labute approximate surface area is 163 Å². The molecule has 1 aliphatic rings. The number of hydrogen-bond acceptors (Lipinski definition) is 6. The van der Waals surface area contributed by atoms with E-state index in [1.807, 2.05) is 25.1 Å². The van der Waals surface area contributed by atoms with Gasteiger partial charge in [0, 0.05) is 30.4 Å². The number of nitrogens with one attached hydrogen (secondary N) is 1. The fraction of sp³-hybridized carbons (Fsp3) is 0.333. The Bertz CT molecular complexity index is 1030. The number of piperidine rings is 1. The minimum absolute atomic E-state index is 0.163. The normalized spacial score (nSPS) is 15.5. The number of rotatable bonds is 4. The van der Waals surface area contributed by atoms with Crippen molar-refractivity contribution in [3.63, 3.8) is 0 Å². The number of aliphatic imine (C=N–C) groups is 1. The van der Waals surface area contributed by atoms with Crippen LogP contribution >= 0.6 is 0 Å². The van der Waals surface area contributed by atoms with Gasteiger partial charge >= 0.3 is 0 Å². The van der Waals surface area contributed by atoms with Crippen molar-refractivity contribution in [3.8, 4) is 11.4 Å². The maximum Gasteiger partial charge on any atom is 0.153 e. The van der Waals surface area contributed by atoms with E-state index in [-0.39, 0.29) is 11.4 Å². The Morgan fingerprint density at radius 3 is 2.68 bits per heavy atom. The van der Waals surface area contributed by atoms with E-state index < -0.39 is 5.82 Å². The molecule has 0 bridgehead atoms. The lowest BCUT2D eigenvalue weighted by atomic mass is 9.94. The summed E-state index contributed by atoms with van der Waals surface area (Å²) in [4.78, 5) is 17.8. The number of hydrogen-bond donors (Lipinski definition) is 2. The number of pyridine rings is 3. The van der Waals surface area contributed by atoms with Crippen molar-refractivity contribution in [3.05, 3.63) is 47.5 Å². The summed E-state index contributed by atoms with van der Waals surface area (Å²) in [7, 11) is 0. The molecule has 0 radical (unpaired) electrons. The monoisotopic (exact) mass is 378 g/mol. The van der Waals surface area contributed by atoms with E-state index in [2.05, 4.69) is 20.3 Å². The summed E-state index contributed by atoms with van der Waals surface area (Å²) in [6, 6.07) is 8.88. The third kappa shape index (κ3) is 3.71. The Hall–Kier alpha value is -2.93. The third-order valence-electron chi connectivity index (χ3n) is 5.00. The van der Waals surface area contributed by atoms with Crippen LogP contribution in [-0.2, 0) is 0 Å². The van der Waals surface area contributed by atoms with Gasteiger partial charge in [0.1, 0.15) is 11.4 Å². The number of nitrogens with zero attached hydrogens (tertiary/aromatic N) is 4. The molecule has 4 heterocycles. The molecule has 0 atom stereocenters. The molecule has 1 aliphatic heterocycles. The van der Waals surface area contributed by atoms with Crippen LogP contribution in [0.1, 0.15) is 37.1 Å². The third-order valence-corrected chi connectivity index (χ3v) is 5.00. The van der Waals surface area contributed by atoms with Crippen LogP contribution in [0.25, 0.3) is 22.4 Å². The summed E-state index contributed by atoms with van der Waals surface area (Å²) < 4.78 is 14.5. The van der Waals surface area contributed by atoms with Gasteiger partial charge < -0.3 is 11.1 Å². The molecule has 28 heavy (non-hydrogen) atoms. The van der Waals surface area contributed by atoms with E-state index in [9.17, 15) is 4.39 Å². The van der Waals surface area contributed by atoms with E-state index >= 15 is 0 Å². The molecule has 6 nitrogen and oxygen atoms in total. The number of halogens is 1. The summed E-state index contributed by atoms with van der Waals surface area (Å²) in [5.74, 6) is -0.0285. The molecule has 3 aromatic rings. The highest BCUT2D eigenvalue weighted by Crippen LogP contribution is 2.27. The van der Waals surface area contributed by atoms with Gasteiger partial charge in [-0.1, -0.05) is 0 Å². The van der Waals surface area contributed by atoms with Crippen LogP contribution in [0.3, 0.4) is 0 Å². The second-order valence-corrected chi connectivity index (χ2v) is 6.92. The minimum Gasteiger partial charge on any atom is -0.397 e. The van der Waals surface area contributed by atoms with Crippen molar-refractivity contribution in [2.24, 2.45) is 4.99 Å². The van der Waals surface area contributed by atoms with Crippen molar-refractivity contribution in [1.29, 1.82) is 0 Å². The number of nitrogens with two attached hydrogens (primary N) is 1. The van der Waals surface area contributed by atoms with Crippen LogP contribution in [0.15, 0.2) is 35.3 Å². The number of fused-ring (bicyclic) bond motifs is 1. The maximum atomic E-state index is 14.5. The molecule has 144 valence electrons. The highest BCUT2D eigenvalue weighted by molar-refractivity contribution is 5.86. The van der Waals surface area contributed by atoms with E-state index in [1.165, 1.54) is 6.07 Å². The lowest BCUT2D eigenvalue weighted by Crippen LogP contribution is -2.27. The molecule has 7 heteroatoms. The van der Waals surface area contributed by atoms with Gasteiger partial charge in [-0.25, -0.2) is 14.4 Å².